The van der Waals surface area contributed by atoms with Crippen LogP contribution in [0.1, 0.15) is 56.9 Å². The van der Waals surface area contributed by atoms with Gasteiger partial charge in [-0.25, -0.2) is 0 Å². The summed E-state index contributed by atoms with van der Waals surface area (Å²) in [5.74, 6) is 0.216. The number of benzene rings is 1. The van der Waals surface area contributed by atoms with E-state index in [1.807, 2.05) is 28.0 Å². The molecule has 25 heavy (non-hydrogen) atoms. The maximum atomic E-state index is 13.0. The van der Waals surface area contributed by atoms with Gasteiger partial charge in [0.05, 0.1) is 0 Å². The number of carbonyl (C=O) groups excluding carboxylic acids is 2. The molecule has 136 valence electrons. The van der Waals surface area contributed by atoms with Gasteiger partial charge in [0, 0.05) is 38.5 Å². The molecule has 3 rings (SSSR count). The Balaban J connectivity index is 1.61. The first-order valence-electron chi connectivity index (χ1n) is 9.84. The quantitative estimate of drug-likeness (QED) is 0.839. The first kappa shape index (κ1) is 18.0. The van der Waals surface area contributed by atoms with E-state index in [-0.39, 0.29) is 17.7 Å². The Morgan fingerprint density at radius 1 is 0.920 bits per heavy atom. The number of hydrogen-bond acceptors (Lipinski definition) is 2. The number of hydrogen-bond donors (Lipinski definition) is 0. The summed E-state index contributed by atoms with van der Waals surface area (Å²) in [6.07, 6.45) is 7.96. The number of rotatable bonds is 4. The third-order valence-electron chi connectivity index (χ3n) is 5.49. The second-order valence-corrected chi connectivity index (χ2v) is 7.44. The van der Waals surface area contributed by atoms with Crippen LogP contribution < -0.4 is 0 Å². The van der Waals surface area contributed by atoms with Crippen LogP contribution >= 0.6 is 0 Å². The molecule has 0 saturated carbocycles. The molecule has 4 heteroatoms. The van der Waals surface area contributed by atoms with Crippen molar-refractivity contribution in [3.8, 4) is 0 Å². The summed E-state index contributed by atoms with van der Waals surface area (Å²) < 4.78 is 0. The van der Waals surface area contributed by atoms with E-state index in [2.05, 4.69) is 12.1 Å². The van der Waals surface area contributed by atoms with Crippen LogP contribution in [0.5, 0.6) is 0 Å². The topological polar surface area (TPSA) is 40.6 Å². The van der Waals surface area contributed by atoms with Crippen molar-refractivity contribution in [3.63, 3.8) is 0 Å². The van der Waals surface area contributed by atoms with E-state index in [0.717, 1.165) is 57.3 Å². The summed E-state index contributed by atoms with van der Waals surface area (Å²) in [7, 11) is 0. The van der Waals surface area contributed by atoms with E-state index >= 15 is 0 Å². The Hall–Kier alpha value is -1.84. The molecule has 4 nitrogen and oxygen atoms in total. The minimum atomic E-state index is -0.137. The number of carbonyl (C=O) groups is 2. The molecule has 0 aliphatic carbocycles. The highest BCUT2D eigenvalue weighted by atomic mass is 16.2. The summed E-state index contributed by atoms with van der Waals surface area (Å²) in [4.78, 5) is 29.6. The van der Waals surface area contributed by atoms with Crippen molar-refractivity contribution < 1.29 is 9.59 Å². The normalized spacial score (nSPS) is 22.4. The minimum absolute atomic E-state index is 0.137. The van der Waals surface area contributed by atoms with Gasteiger partial charge in [0.2, 0.25) is 11.8 Å². The summed E-state index contributed by atoms with van der Waals surface area (Å²) in [6.45, 7) is 3.21. The van der Waals surface area contributed by atoms with Crippen molar-refractivity contribution in [2.45, 2.75) is 57.9 Å². The molecule has 2 aliphatic heterocycles. The Morgan fingerprint density at radius 3 is 2.32 bits per heavy atom. The monoisotopic (exact) mass is 342 g/mol. The molecule has 2 heterocycles. The van der Waals surface area contributed by atoms with Crippen LogP contribution in [0, 0.1) is 5.92 Å². The molecule has 0 radical (unpaired) electrons. The maximum Gasteiger partial charge on any atom is 0.226 e. The zero-order valence-electron chi connectivity index (χ0n) is 15.2. The van der Waals surface area contributed by atoms with E-state index < -0.39 is 0 Å². The Kier molecular flexibility index (Phi) is 6.48. The molecule has 1 unspecified atom stereocenters. The lowest BCUT2D eigenvalue weighted by atomic mass is 9.97. The van der Waals surface area contributed by atoms with E-state index in [1.54, 1.807) is 0 Å². The molecule has 2 saturated heterocycles. The fourth-order valence-electron chi connectivity index (χ4n) is 4.00. The van der Waals surface area contributed by atoms with Gasteiger partial charge >= 0.3 is 0 Å². The molecule has 1 aromatic rings. The van der Waals surface area contributed by atoms with Gasteiger partial charge < -0.3 is 9.80 Å². The van der Waals surface area contributed by atoms with E-state index in [4.69, 9.17) is 0 Å². The average molecular weight is 342 g/mol. The molecule has 2 aliphatic rings. The van der Waals surface area contributed by atoms with Gasteiger partial charge in [0.15, 0.2) is 0 Å². The molecule has 1 atom stereocenters. The zero-order chi connectivity index (χ0) is 17.5. The van der Waals surface area contributed by atoms with Crippen molar-refractivity contribution in [2.75, 3.05) is 19.6 Å². The largest absolute Gasteiger partial charge is 0.343 e. The van der Waals surface area contributed by atoms with Crippen molar-refractivity contribution in [2.24, 2.45) is 5.92 Å². The lowest BCUT2D eigenvalue weighted by molar-refractivity contribution is -0.141. The number of likely N-dealkylation sites (tertiary alicyclic amines) is 2. The molecule has 0 aromatic heterocycles. The third-order valence-corrected chi connectivity index (χ3v) is 5.49. The van der Waals surface area contributed by atoms with Crippen LogP contribution in [-0.4, -0.2) is 41.2 Å². The lowest BCUT2D eigenvalue weighted by Crippen LogP contribution is -2.38. The summed E-state index contributed by atoms with van der Waals surface area (Å²) in [5.41, 5.74) is 1.16. The fourth-order valence-corrected chi connectivity index (χ4v) is 4.00. The van der Waals surface area contributed by atoms with Gasteiger partial charge in [-0.1, -0.05) is 49.6 Å². The van der Waals surface area contributed by atoms with E-state index in [0.29, 0.717) is 13.0 Å². The van der Waals surface area contributed by atoms with Gasteiger partial charge in [0.1, 0.15) is 0 Å². The smallest absolute Gasteiger partial charge is 0.226 e. The van der Waals surface area contributed by atoms with Crippen LogP contribution in [0.15, 0.2) is 30.3 Å². The van der Waals surface area contributed by atoms with Crippen LogP contribution in [0.2, 0.25) is 0 Å². The molecule has 2 amide bonds. The molecular weight excluding hydrogens is 312 g/mol. The van der Waals surface area contributed by atoms with Gasteiger partial charge in [-0.15, -0.1) is 0 Å². The fraction of sp³-hybridized carbons (Fsp3) is 0.619. The highest BCUT2D eigenvalue weighted by molar-refractivity contribution is 5.86. The zero-order valence-corrected chi connectivity index (χ0v) is 15.2. The molecule has 0 spiro atoms. The highest BCUT2D eigenvalue weighted by Crippen LogP contribution is 2.24. The standard InChI is InChI=1S/C21H30N2O2/c24-20(22-13-7-1-2-8-14-22)16-19-12-6-9-15-23(21(19)25)17-18-10-4-3-5-11-18/h3-5,10-11,19H,1-2,6-9,12-17H2. The molecule has 0 bridgehead atoms. The van der Waals surface area contributed by atoms with Crippen molar-refractivity contribution in [1.29, 1.82) is 0 Å². The minimum Gasteiger partial charge on any atom is -0.343 e. The highest BCUT2D eigenvalue weighted by Gasteiger charge is 2.30. The molecular formula is C21H30N2O2. The molecule has 1 aromatic carbocycles. The van der Waals surface area contributed by atoms with E-state index in [1.165, 1.54) is 12.8 Å². The van der Waals surface area contributed by atoms with Crippen LogP contribution in [-0.2, 0) is 16.1 Å². The number of amides is 2. The Morgan fingerprint density at radius 2 is 1.60 bits per heavy atom. The predicted octanol–water partition coefficient (Wildman–Crippen LogP) is 3.61. The Labute approximate surface area is 151 Å². The van der Waals surface area contributed by atoms with Crippen molar-refractivity contribution >= 4 is 11.8 Å². The number of nitrogens with zero attached hydrogens (tertiary/aromatic N) is 2. The average Bonchev–Trinajstić information content (AvgIpc) is 3.00. The summed E-state index contributed by atoms with van der Waals surface area (Å²) in [5, 5.41) is 0. The van der Waals surface area contributed by atoms with Crippen molar-refractivity contribution in [3.05, 3.63) is 35.9 Å². The molecule has 0 N–H and O–H groups in total. The third kappa shape index (κ3) is 5.07. The first-order chi connectivity index (χ1) is 12.2. The van der Waals surface area contributed by atoms with Crippen molar-refractivity contribution in [1.82, 2.24) is 9.80 Å². The van der Waals surface area contributed by atoms with Gasteiger partial charge in [-0.2, -0.15) is 0 Å². The lowest BCUT2D eigenvalue weighted by Gasteiger charge is -2.26. The second-order valence-electron chi connectivity index (χ2n) is 7.44. The van der Waals surface area contributed by atoms with Crippen LogP contribution in [0.25, 0.3) is 0 Å². The van der Waals surface area contributed by atoms with Gasteiger partial charge in [-0.05, 0) is 31.2 Å². The first-order valence-corrected chi connectivity index (χ1v) is 9.84. The van der Waals surface area contributed by atoms with Gasteiger partial charge in [0.25, 0.3) is 0 Å². The summed E-state index contributed by atoms with van der Waals surface area (Å²) >= 11 is 0. The van der Waals surface area contributed by atoms with Crippen LogP contribution in [0.4, 0.5) is 0 Å². The van der Waals surface area contributed by atoms with Crippen LogP contribution in [0.3, 0.4) is 0 Å². The van der Waals surface area contributed by atoms with Gasteiger partial charge in [-0.3, -0.25) is 9.59 Å². The molecule has 2 fully saturated rings. The van der Waals surface area contributed by atoms with E-state index in [9.17, 15) is 9.59 Å². The second kappa shape index (κ2) is 9.02. The Bertz CT molecular complexity index is 565. The maximum absolute atomic E-state index is 13.0. The summed E-state index contributed by atoms with van der Waals surface area (Å²) in [6, 6.07) is 10.2. The SMILES string of the molecule is O=C(CC1CCCCN(Cc2ccccc2)C1=O)N1CCCCCC1. The predicted molar refractivity (Wildman–Crippen MR) is 98.9 cm³/mol.